The Morgan fingerprint density at radius 1 is 0.895 bits per heavy atom. The number of fused-ring (bicyclic) bond motifs is 2. The summed E-state index contributed by atoms with van der Waals surface area (Å²) < 4.78 is 39.8. The average Bonchev–Trinajstić information content (AvgIpc) is 2.89. The Kier molecular flexibility index (Phi) is 2.59. The highest BCUT2D eigenvalue weighted by atomic mass is 19.4. The lowest BCUT2D eigenvalue weighted by Gasteiger charge is -2.17. The number of rotatable bonds is 1. The molecule has 0 saturated heterocycles. The van der Waals surface area contributed by atoms with Crippen LogP contribution in [-0.2, 0) is 31.9 Å². The minimum Gasteiger partial charge on any atom is -0.258 e. The molecule has 0 bridgehead atoms. The zero-order valence-electron chi connectivity index (χ0n) is 10.1. The van der Waals surface area contributed by atoms with Crippen LogP contribution in [0.2, 0.25) is 0 Å². The number of nitro benzene ring substituents is 1. The van der Waals surface area contributed by atoms with Crippen LogP contribution in [0.4, 0.5) is 18.9 Å². The Bertz CT molecular complexity index is 543. The average molecular weight is 271 g/mol. The summed E-state index contributed by atoms with van der Waals surface area (Å²) in [6.45, 7) is 0. The number of benzene rings is 1. The quantitative estimate of drug-likeness (QED) is 0.578. The molecule has 0 spiro atoms. The molecule has 0 saturated carbocycles. The highest BCUT2D eigenvalue weighted by Crippen LogP contribution is 2.48. The Balaban J connectivity index is 2.38. The van der Waals surface area contributed by atoms with Gasteiger partial charge < -0.3 is 0 Å². The molecule has 1 aromatic rings. The van der Waals surface area contributed by atoms with E-state index in [9.17, 15) is 23.3 Å². The van der Waals surface area contributed by atoms with Crippen LogP contribution in [0.15, 0.2) is 0 Å². The lowest BCUT2D eigenvalue weighted by atomic mass is 9.92. The summed E-state index contributed by atoms with van der Waals surface area (Å²) in [7, 11) is 0. The highest BCUT2D eigenvalue weighted by Gasteiger charge is 2.43. The predicted molar refractivity (Wildman–Crippen MR) is 62.1 cm³/mol. The van der Waals surface area contributed by atoms with Crippen molar-refractivity contribution in [2.24, 2.45) is 0 Å². The van der Waals surface area contributed by atoms with Crippen LogP contribution in [0.5, 0.6) is 0 Å². The summed E-state index contributed by atoms with van der Waals surface area (Å²) in [5, 5.41) is 11.2. The molecule has 1 aromatic carbocycles. The first-order chi connectivity index (χ1) is 8.91. The van der Waals surface area contributed by atoms with E-state index in [-0.39, 0.29) is 16.8 Å². The van der Waals surface area contributed by atoms with E-state index in [4.69, 9.17) is 0 Å². The number of hydrogen-bond donors (Lipinski definition) is 0. The number of nitro groups is 1. The van der Waals surface area contributed by atoms with Gasteiger partial charge in [0, 0.05) is 11.1 Å². The first-order valence-electron chi connectivity index (χ1n) is 6.32. The van der Waals surface area contributed by atoms with Crippen LogP contribution in [-0.4, -0.2) is 4.92 Å². The molecule has 0 aromatic heterocycles. The molecule has 19 heavy (non-hydrogen) atoms. The van der Waals surface area contributed by atoms with Crippen LogP contribution in [0.1, 0.15) is 40.7 Å². The van der Waals surface area contributed by atoms with Crippen molar-refractivity contribution in [2.75, 3.05) is 0 Å². The second-order valence-electron chi connectivity index (χ2n) is 5.10. The van der Waals surface area contributed by atoms with Crippen LogP contribution in [0, 0.1) is 10.1 Å². The van der Waals surface area contributed by atoms with E-state index in [2.05, 4.69) is 0 Å². The maximum Gasteiger partial charge on any atom is 0.416 e. The standard InChI is InChI=1S/C13H12F3NO2/c14-13(15,16)11-7-3-1-5-9(7)12(17(18)19)10-6-2-4-8(10)11/h1-6H2. The second kappa shape index (κ2) is 3.95. The summed E-state index contributed by atoms with van der Waals surface area (Å²) in [5.74, 6) is 0. The van der Waals surface area contributed by atoms with Crippen molar-refractivity contribution in [1.29, 1.82) is 0 Å². The summed E-state index contributed by atoms with van der Waals surface area (Å²) in [6, 6.07) is 0. The van der Waals surface area contributed by atoms with Crippen LogP contribution < -0.4 is 0 Å². The number of halogens is 3. The summed E-state index contributed by atoms with van der Waals surface area (Å²) in [5.41, 5.74) is 0.418. The fourth-order valence-corrected chi connectivity index (χ4v) is 3.49. The highest BCUT2D eigenvalue weighted by molar-refractivity contribution is 5.63. The molecule has 0 amide bonds. The molecular weight excluding hydrogens is 259 g/mol. The van der Waals surface area contributed by atoms with Crippen molar-refractivity contribution in [2.45, 2.75) is 44.7 Å². The van der Waals surface area contributed by atoms with Crippen LogP contribution in [0.3, 0.4) is 0 Å². The van der Waals surface area contributed by atoms with Crippen LogP contribution >= 0.6 is 0 Å². The van der Waals surface area contributed by atoms with Gasteiger partial charge in [-0.1, -0.05) is 0 Å². The molecule has 2 aliphatic carbocycles. The molecule has 102 valence electrons. The first-order valence-corrected chi connectivity index (χ1v) is 6.32. The zero-order chi connectivity index (χ0) is 13.8. The third-order valence-corrected chi connectivity index (χ3v) is 4.08. The Labute approximate surface area is 107 Å². The Morgan fingerprint density at radius 3 is 1.68 bits per heavy atom. The number of alkyl halides is 3. The monoisotopic (exact) mass is 271 g/mol. The molecule has 0 atom stereocenters. The molecule has 6 heteroatoms. The molecule has 0 fully saturated rings. The smallest absolute Gasteiger partial charge is 0.258 e. The van der Waals surface area contributed by atoms with Crippen molar-refractivity contribution in [3.8, 4) is 0 Å². The van der Waals surface area contributed by atoms with Crippen molar-refractivity contribution in [1.82, 2.24) is 0 Å². The molecule has 2 aliphatic rings. The van der Waals surface area contributed by atoms with E-state index < -0.39 is 16.7 Å². The Morgan fingerprint density at radius 2 is 1.32 bits per heavy atom. The van der Waals surface area contributed by atoms with E-state index in [1.165, 1.54) is 0 Å². The van der Waals surface area contributed by atoms with E-state index in [1.54, 1.807) is 0 Å². The molecule has 3 rings (SSSR count). The van der Waals surface area contributed by atoms with Crippen LogP contribution in [0.25, 0.3) is 0 Å². The molecule has 3 nitrogen and oxygen atoms in total. The van der Waals surface area contributed by atoms with Gasteiger partial charge in [-0.3, -0.25) is 10.1 Å². The van der Waals surface area contributed by atoms with Gasteiger partial charge in [-0.15, -0.1) is 0 Å². The fraction of sp³-hybridized carbons (Fsp3) is 0.538. The maximum absolute atomic E-state index is 13.3. The van der Waals surface area contributed by atoms with E-state index in [1.807, 2.05) is 0 Å². The van der Waals surface area contributed by atoms with Gasteiger partial charge in [0.25, 0.3) is 5.69 Å². The summed E-state index contributed by atoms with van der Waals surface area (Å²) >= 11 is 0. The Hall–Kier alpha value is -1.59. The van der Waals surface area contributed by atoms with Crippen molar-refractivity contribution in [3.05, 3.63) is 37.9 Å². The minimum atomic E-state index is -4.40. The van der Waals surface area contributed by atoms with Gasteiger partial charge in [-0.25, -0.2) is 0 Å². The third kappa shape index (κ3) is 1.73. The number of nitrogens with zero attached hydrogens (tertiary/aromatic N) is 1. The molecule has 0 N–H and O–H groups in total. The van der Waals surface area contributed by atoms with Gasteiger partial charge in [0.1, 0.15) is 0 Å². The number of hydrogen-bond acceptors (Lipinski definition) is 2. The van der Waals surface area contributed by atoms with E-state index >= 15 is 0 Å². The lowest BCUT2D eigenvalue weighted by molar-refractivity contribution is -0.386. The molecule has 0 radical (unpaired) electrons. The maximum atomic E-state index is 13.3. The zero-order valence-corrected chi connectivity index (χ0v) is 10.1. The van der Waals surface area contributed by atoms with Gasteiger partial charge in [0.15, 0.2) is 0 Å². The van der Waals surface area contributed by atoms with Crippen molar-refractivity contribution < 1.29 is 18.1 Å². The molecular formula is C13H12F3NO2. The molecule has 0 unspecified atom stereocenters. The SMILES string of the molecule is O=[N+]([O-])c1c2c(c(C(F)(F)F)c3c1CCC3)CCC2. The first kappa shape index (κ1) is 12.4. The lowest BCUT2D eigenvalue weighted by Crippen LogP contribution is -2.15. The summed E-state index contributed by atoms with van der Waals surface area (Å²) in [4.78, 5) is 10.7. The van der Waals surface area contributed by atoms with Gasteiger partial charge in [-0.05, 0) is 49.7 Å². The fourth-order valence-electron chi connectivity index (χ4n) is 3.49. The molecule has 0 heterocycles. The van der Waals surface area contributed by atoms with Gasteiger partial charge >= 0.3 is 6.18 Å². The van der Waals surface area contributed by atoms with Gasteiger partial charge in [0.05, 0.1) is 10.5 Å². The van der Waals surface area contributed by atoms with E-state index in [0.29, 0.717) is 49.7 Å². The third-order valence-electron chi connectivity index (χ3n) is 4.08. The normalized spacial score (nSPS) is 17.4. The molecule has 0 aliphatic heterocycles. The summed E-state index contributed by atoms with van der Waals surface area (Å²) in [6.07, 6.45) is -1.87. The van der Waals surface area contributed by atoms with Crippen molar-refractivity contribution >= 4 is 5.69 Å². The largest absolute Gasteiger partial charge is 0.416 e. The second-order valence-corrected chi connectivity index (χ2v) is 5.10. The van der Waals surface area contributed by atoms with Crippen molar-refractivity contribution in [3.63, 3.8) is 0 Å². The van der Waals surface area contributed by atoms with Gasteiger partial charge in [0.2, 0.25) is 0 Å². The van der Waals surface area contributed by atoms with Gasteiger partial charge in [-0.2, -0.15) is 13.2 Å². The topological polar surface area (TPSA) is 43.1 Å². The van der Waals surface area contributed by atoms with E-state index in [0.717, 1.165) is 0 Å². The minimum absolute atomic E-state index is 0.0343. The predicted octanol–water partition coefficient (Wildman–Crippen LogP) is 3.59.